The van der Waals surface area contributed by atoms with Crippen molar-refractivity contribution in [2.75, 3.05) is 33.0 Å². The van der Waals surface area contributed by atoms with E-state index >= 15 is 0 Å². The van der Waals surface area contributed by atoms with Gasteiger partial charge in [-0.15, -0.1) is 0 Å². The van der Waals surface area contributed by atoms with E-state index in [9.17, 15) is 0 Å². The Balaban J connectivity index is 3.19. The van der Waals surface area contributed by atoms with Gasteiger partial charge in [-0.2, -0.15) is 0 Å². The van der Waals surface area contributed by atoms with Crippen LogP contribution >= 0.6 is 0 Å². The predicted octanol–water partition coefficient (Wildman–Crippen LogP) is 2.99. The van der Waals surface area contributed by atoms with Crippen LogP contribution in [-0.2, 0) is 9.47 Å². The molecule has 104 valence electrons. The van der Waals surface area contributed by atoms with E-state index in [2.05, 4.69) is 26.1 Å². The molecule has 0 aliphatic carbocycles. The van der Waals surface area contributed by atoms with E-state index in [1.165, 1.54) is 19.3 Å². The lowest BCUT2D eigenvalue weighted by atomic mass is 10.1. The highest BCUT2D eigenvalue weighted by Gasteiger charge is 2.03. The van der Waals surface area contributed by atoms with E-state index in [0.717, 1.165) is 45.8 Å². The van der Waals surface area contributed by atoms with E-state index in [-0.39, 0.29) is 0 Å². The Labute approximate surface area is 107 Å². The van der Waals surface area contributed by atoms with Crippen LogP contribution in [0.2, 0.25) is 0 Å². The Morgan fingerprint density at radius 1 is 0.882 bits per heavy atom. The Bertz CT molecular complexity index is 142. The zero-order valence-corrected chi connectivity index (χ0v) is 12.0. The molecule has 3 nitrogen and oxygen atoms in total. The van der Waals surface area contributed by atoms with E-state index in [1.54, 1.807) is 0 Å². The zero-order chi connectivity index (χ0) is 12.8. The van der Waals surface area contributed by atoms with Crippen molar-refractivity contribution >= 4 is 0 Å². The molecule has 0 fully saturated rings. The maximum absolute atomic E-state index is 5.53. The summed E-state index contributed by atoms with van der Waals surface area (Å²) >= 11 is 0. The maximum Gasteiger partial charge on any atom is 0.0700 e. The highest BCUT2D eigenvalue weighted by atomic mass is 16.5. The van der Waals surface area contributed by atoms with Crippen LogP contribution in [0.15, 0.2) is 0 Å². The van der Waals surface area contributed by atoms with Crippen molar-refractivity contribution < 1.29 is 9.47 Å². The molecule has 0 aromatic carbocycles. The Morgan fingerprint density at radius 3 is 2.18 bits per heavy atom. The van der Waals surface area contributed by atoms with Gasteiger partial charge in [0.1, 0.15) is 0 Å². The minimum absolute atomic E-state index is 0.662. The average molecular weight is 245 g/mol. The summed E-state index contributed by atoms with van der Waals surface area (Å²) in [5, 5.41) is 3.56. The van der Waals surface area contributed by atoms with Crippen LogP contribution in [0.5, 0.6) is 0 Å². The van der Waals surface area contributed by atoms with Gasteiger partial charge in [-0.25, -0.2) is 0 Å². The summed E-state index contributed by atoms with van der Waals surface area (Å²) < 4.78 is 10.9. The molecule has 0 aliphatic heterocycles. The first-order valence-electron chi connectivity index (χ1n) is 7.23. The lowest BCUT2D eigenvalue weighted by molar-refractivity contribution is 0.0460. The molecule has 1 unspecified atom stereocenters. The van der Waals surface area contributed by atoms with Crippen LogP contribution in [0.4, 0.5) is 0 Å². The van der Waals surface area contributed by atoms with Crippen LogP contribution < -0.4 is 5.32 Å². The SMILES string of the molecule is CCCNC(CC)CCCOCCOCCC. The van der Waals surface area contributed by atoms with Gasteiger partial charge in [0.15, 0.2) is 0 Å². The molecule has 0 heterocycles. The van der Waals surface area contributed by atoms with Crippen LogP contribution in [0.3, 0.4) is 0 Å². The third-order valence-electron chi connectivity index (χ3n) is 2.74. The largest absolute Gasteiger partial charge is 0.379 e. The zero-order valence-electron chi connectivity index (χ0n) is 12.0. The van der Waals surface area contributed by atoms with Gasteiger partial charge >= 0.3 is 0 Å². The molecule has 0 aromatic rings. The Morgan fingerprint density at radius 2 is 1.59 bits per heavy atom. The van der Waals surface area contributed by atoms with Crippen molar-refractivity contribution in [3.63, 3.8) is 0 Å². The first kappa shape index (κ1) is 16.9. The summed E-state index contributed by atoms with van der Waals surface area (Å²) in [6, 6.07) is 0.662. The third-order valence-corrected chi connectivity index (χ3v) is 2.74. The maximum atomic E-state index is 5.53. The van der Waals surface area contributed by atoms with Crippen LogP contribution in [0.1, 0.15) is 52.9 Å². The van der Waals surface area contributed by atoms with Crippen molar-refractivity contribution in [1.82, 2.24) is 5.32 Å². The summed E-state index contributed by atoms with van der Waals surface area (Å²) in [6.45, 7) is 10.9. The molecule has 0 radical (unpaired) electrons. The second-order valence-electron chi connectivity index (χ2n) is 4.43. The highest BCUT2D eigenvalue weighted by Crippen LogP contribution is 2.02. The summed E-state index contributed by atoms with van der Waals surface area (Å²) in [5.74, 6) is 0. The molecule has 0 aliphatic rings. The molecule has 0 rings (SSSR count). The van der Waals surface area contributed by atoms with Gasteiger partial charge in [0, 0.05) is 19.3 Å². The first-order chi connectivity index (χ1) is 8.35. The van der Waals surface area contributed by atoms with Gasteiger partial charge in [0.05, 0.1) is 13.2 Å². The van der Waals surface area contributed by atoms with Crippen LogP contribution in [0, 0.1) is 0 Å². The lowest BCUT2D eigenvalue weighted by Gasteiger charge is -2.16. The molecular formula is C14H31NO2. The number of nitrogens with one attached hydrogen (secondary N) is 1. The number of hydrogen-bond acceptors (Lipinski definition) is 3. The van der Waals surface area contributed by atoms with Gasteiger partial charge in [-0.1, -0.05) is 20.8 Å². The fourth-order valence-electron chi connectivity index (χ4n) is 1.70. The molecule has 1 N–H and O–H groups in total. The second kappa shape index (κ2) is 13.9. The molecule has 0 amide bonds. The molecule has 3 heteroatoms. The van der Waals surface area contributed by atoms with Gasteiger partial charge < -0.3 is 14.8 Å². The molecular weight excluding hydrogens is 214 g/mol. The average Bonchev–Trinajstić information content (AvgIpc) is 2.36. The summed E-state index contributed by atoms with van der Waals surface area (Å²) in [7, 11) is 0. The normalized spacial score (nSPS) is 12.9. The number of ether oxygens (including phenoxy) is 2. The van der Waals surface area contributed by atoms with Crippen molar-refractivity contribution in [3.05, 3.63) is 0 Å². The summed E-state index contributed by atoms with van der Waals surface area (Å²) in [6.07, 6.45) is 5.86. The minimum Gasteiger partial charge on any atom is -0.379 e. The first-order valence-corrected chi connectivity index (χ1v) is 7.23. The van der Waals surface area contributed by atoms with Crippen molar-refractivity contribution in [2.45, 2.75) is 58.9 Å². The predicted molar refractivity (Wildman–Crippen MR) is 73.5 cm³/mol. The summed E-state index contributed by atoms with van der Waals surface area (Å²) in [5.41, 5.74) is 0. The fraction of sp³-hybridized carbons (Fsp3) is 1.00. The van der Waals surface area contributed by atoms with E-state index < -0.39 is 0 Å². The Kier molecular flexibility index (Phi) is 13.8. The van der Waals surface area contributed by atoms with Crippen LogP contribution in [-0.4, -0.2) is 39.0 Å². The third kappa shape index (κ3) is 12.1. The molecule has 0 bridgehead atoms. The topological polar surface area (TPSA) is 30.5 Å². The molecule has 0 aromatic heterocycles. The highest BCUT2D eigenvalue weighted by molar-refractivity contribution is 4.63. The second-order valence-corrected chi connectivity index (χ2v) is 4.43. The molecule has 17 heavy (non-hydrogen) atoms. The lowest BCUT2D eigenvalue weighted by Crippen LogP contribution is -2.29. The Hall–Kier alpha value is -0.120. The van der Waals surface area contributed by atoms with E-state index in [4.69, 9.17) is 9.47 Å². The smallest absolute Gasteiger partial charge is 0.0700 e. The molecule has 1 atom stereocenters. The van der Waals surface area contributed by atoms with Gasteiger partial charge in [-0.3, -0.25) is 0 Å². The minimum atomic E-state index is 0.662. The monoisotopic (exact) mass is 245 g/mol. The van der Waals surface area contributed by atoms with E-state index in [1.807, 2.05) is 0 Å². The van der Waals surface area contributed by atoms with Crippen molar-refractivity contribution in [3.8, 4) is 0 Å². The quantitative estimate of drug-likeness (QED) is 0.506. The molecule has 0 saturated heterocycles. The fourth-order valence-corrected chi connectivity index (χ4v) is 1.70. The van der Waals surface area contributed by atoms with Gasteiger partial charge in [0.2, 0.25) is 0 Å². The number of rotatable bonds is 13. The van der Waals surface area contributed by atoms with Crippen molar-refractivity contribution in [2.24, 2.45) is 0 Å². The van der Waals surface area contributed by atoms with Crippen molar-refractivity contribution in [1.29, 1.82) is 0 Å². The molecule has 0 saturated carbocycles. The van der Waals surface area contributed by atoms with E-state index in [0.29, 0.717) is 6.04 Å². The molecule has 0 spiro atoms. The standard InChI is InChI=1S/C14H31NO2/c1-4-9-15-14(6-3)8-7-11-17-13-12-16-10-5-2/h14-15H,4-13H2,1-3H3. The van der Waals surface area contributed by atoms with Gasteiger partial charge in [0.25, 0.3) is 0 Å². The van der Waals surface area contributed by atoms with Crippen LogP contribution in [0.25, 0.3) is 0 Å². The summed E-state index contributed by atoms with van der Waals surface area (Å²) in [4.78, 5) is 0. The number of hydrogen-bond donors (Lipinski definition) is 1. The van der Waals surface area contributed by atoms with Gasteiger partial charge in [-0.05, 0) is 38.6 Å².